The molecule has 4 nitrogen and oxygen atoms in total. The SMILES string of the molecule is COC(=O)CCCCCCCC[C@H](O)C[NH+](C)C. The molecule has 0 aromatic carbocycles. The minimum Gasteiger partial charge on any atom is -0.469 e. The summed E-state index contributed by atoms with van der Waals surface area (Å²) in [7, 11) is 5.55. The van der Waals surface area contributed by atoms with Crippen LogP contribution >= 0.6 is 0 Å². The van der Waals surface area contributed by atoms with Gasteiger partial charge in [0.15, 0.2) is 0 Å². The Balaban J connectivity index is 3.18. The Kier molecular flexibility index (Phi) is 11.1. The summed E-state index contributed by atoms with van der Waals surface area (Å²) in [4.78, 5) is 12.2. The number of rotatable bonds is 11. The van der Waals surface area contributed by atoms with Gasteiger partial charge in [0.05, 0.1) is 21.2 Å². The fraction of sp³-hybridized carbons (Fsp3) is 0.929. The van der Waals surface area contributed by atoms with E-state index in [1.807, 2.05) is 0 Å². The van der Waals surface area contributed by atoms with Gasteiger partial charge in [0.1, 0.15) is 12.6 Å². The van der Waals surface area contributed by atoms with Crippen LogP contribution in [0.4, 0.5) is 0 Å². The van der Waals surface area contributed by atoms with Crippen molar-refractivity contribution in [2.24, 2.45) is 0 Å². The molecule has 1 atom stereocenters. The number of likely N-dealkylation sites (N-methyl/N-ethyl adjacent to an activating group) is 1. The summed E-state index contributed by atoms with van der Waals surface area (Å²) in [5.41, 5.74) is 0. The Bertz CT molecular complexity index is 207. The van der Waals surface area contributed by atoms with E-state index in [0.29, 0.717) is 6.42 Å². The van der Waals surface area contributed by atoms with Crippen LogP contribution < -0.4 is 4.90 Å². The quantitative estimate of drug-likeness (QED) is 0.426. The summed E-state index contributed by atoms with van der Waals surface area (Å²) < 4.78 is 4.58. The maximum Gasteiger partial charge on any atom is 0.305 e. The second-order valence-corrected chi connectivity index (χ2v) is 5.30. The molecule has 0 fully saturated rings. The molecule has 2 N–H and O–H groups in total. The van der Waals surface area contributed by atoms with E-state index in [1.165, 1.54) is 31.3 Å². The van der Waals surface area contributed by atoms with Crippen LogP contribution in [-0.2, 0) is 9.53 Å². The fourth-order valence-electron chi connectivity index (χ4n) is 2.03. The molecule has 0 radical (unpaired) electrons. The number of carbonyl (C=O) groups is 1. The molecule has 0 amide bonds. The molecule has 0 saturated heterocycles. The van der Waals surface area contributed by atoms with E-state index in [1.54, 1.807) is 0 Å². The van der Waals surface area contributed by atoms with Crippen molar-refractivity contribution in [3.05, 3.63) is 0 Å². The minimum absolute atomic E-state index is 0.107. The molecule has 0 bridgehead atoms. The van der Waals surface area contributed by atoms with Gasteiger partial charge in [-0.3, -0.25) is 4.79 Å². The standard InChI is InChI=1S/C14H29NO3/c1-15(2)12-13(16)10-8-6-4-5-7-9-11-14(17)18-3/h13,16H,4-12H2,1-3H3/p+1/t13-/m0/s1. The first-order valence-electron chi connectivity index (χ1n) is 7.10. The summed E-state index contributed by atoms with van der Waals surface area (Å²) in [6.07, 6.45) is 7.97. The zero-order valence-electron chi connectivity index (χ0n) is 12.2. The van der Waals surface area contributed by atoms with Crippen LogP contribution in [0, 0.1) is 0 Å². The molecular formula is C14H30NO3+. The van der Waals surface area contributed by atoms with E-state index in [2.05, 4.69) is 18.8 Å². The normalized spacial score (nSPS) is 12.7. The lowest BCUT2D eigenvalue weighted by molar-refractivity contribution is -0.861. The van der Waals surface area contributed by atoms with Crippen LogP contribution in [0.2, 0.25) is 0 Å². The predicted molar refractivity (Wildman–Crippen MR) is 72.6 cm³/mol. The predicted octanol–water partition coefficient (Wildman–Crippen LogP) is 0.786. The average Bonchev–Trinajstić information content (AvgIpc) is 2.31. The molecule has 0 aromatic heterocycles. The number of ether oxygens (including phenoxy) is 1. The van der Waals surface area contributed by atoms with Crippen LogP contribution in [-0.4, -0.2) is 44.9 Å². The van der Waals surface area contributed by atoms with Gasteiger partial charge in [-0.15, -0.1) is 0 Å². The molecule has 0 aliphatic heterocycles. The zero-order chi connectivity index (χ0) is 13.8. The van der Waals surface area contributed by atoms with E-state index in [9.17, 15) is 9.90 Å². The highest BCUT2D eigenvalue weighted by molar-refractivity contribution is 5.68. The minimum atomic E-state index is -0.158. The lowest BCUT2D eigenvalue weighted by Gasteiger charge is -2.13. The number of aliphatic hydroxyl groups excluding tert-OH is 1. The van der Waals surface area contributed by atoms with Crippen LogP contribution in [0.1, 0.15) is 51.4 Å². The lowest BCUT2D eigenvalue weighted by Crippen LogP contribution is -3.07. The number of aliphatic hydroxyl groups is 1. The first-order chi connectivity index (χ1) is 8.56. The highest BCUT2D eigenvalue weighted by Crippen LogP contribution is 2.09. The summed E-state index contributed by atoms with van der Waals surface area (Å²) in [6.45, 7) is 0.832. The van der Waals surface area contributed by atoms with Crippen LogP contribution in [0.15, 0.2) is 0 Å². The fourth-order valence-corrected chi connectivity index (χ4v) is 2.03. The van der Waals surface area contributed by atoms with Gasteiger partial charge < -0.3 is 14.7 Å². The lowest BCUT2D eigenvalue weighted by atomic mass is 10.1. The number of carbonyl (C=O) groups excluding carboxylic acids is 1. The summed E-state index contributed by atoms with van der Waals surface area (Å²) in [6, 6.07) is 0. The molecule has 0 spiro atoms. The molecular weight excluding hydrogens is 230 g/mol. The van der Waals surface area contributed by atoms with E-state index in [4.69, 9.17) is 0 Å². The number of quaternary nitrogens is 1. The van der Waals surface area contributed by atoms with Gasteiger partial charge in [0, 0.05) is 6.42 Å². The number of unbranched alkanes of at least 4 members (excludes halogenated alkanes) is 5. The Morgan fingerprint density at radius 2 is 1.67 bits per heavy atom. The van der Waals surface area contributed by atoms with Crippen molar-refractivity contribution < 1.29 is 19.5 Å². The topological polar surface area (TPSA) is 51.0 Å². The number of hydrogen-bond acceptors (Lipinski definition) is 3. The summed E-state index contributed by atoms with van der Waals surface area (Å²) >= 11 is 0. The van der Waals surface area contributed by atoms with Crippen molar-refractivity contribution in [3.8, 4) is 0 Å². The molecule has 108 valence electrons. The zero-order valence-corrected chi connectivity index (χ0v) is 12.2. The first-order valence-corrected chi connectivity index (χ1v) is 7.10. The summed E-state index contributed by atoms with van der Waals surface area (Å²) in [5, 5.41) is 9.68. The van der Waals surface area contributed by atoms with E-state index < -0.39 is 0 Å². The van der Waals surface area contributed by atoms with Gasteiger partial charge in [-0.2, -0.15) is 0 Å². The van der Waals surface area contributed by atoms with Gasteiger partial charge >= 0.3 is 5.97 Å². The smallest absolute Gasteiger partial charge is 0.305 e. The third kappa shape index (κ3) is 11.9. The number of methoxy groups -OCH3 is 1. The van der Waals surface area contributed by atoms with Crippen molar-refractivity contribution in [2.45, 2.75) is 57.5 Å². The summed E-state index contributed by atoms with van der Waals surface area (Å²) in [5.74, 6) is -0.107. The van der Waals surface area contributed by atoms with Crippen molar-refractivity contribution in [1.29, 1.82) is 0 Å². The molecule has 0 unspecified atom stereocenters. The maximum absolute atomic E-state index is 10.9. The van der Waals surface area contributed by atoms with Crippen molar-refractivity contribution in [2.75, 3.05) is 27.7 Å². The Morgan fingerprint density at radius 1 is 1.11 bits per heavy atom. The van der Waals surface area contributed by atoms with E-state index in [-0.39, 0.29) is 12.1 Å². The molecule has 0 aliphatic rings. The van der Waals surface area contributed by atoms with Gasteiger partial charge in [0.2, 0.25) is 0 Å². The highest BCUT2D eigenvalue weighted by Gasteiger charge is 2.07. The van der Waals surface area contributed by atoms with Crippen LogP contribution in [0.3, 0.4) is 0 Å². The average molecular weight is 260 g/mol. The molecule has 0 aromatic rings. The molecule has 0 rings (SSSR count). The Morgan fingerprint density at radius 3 is 2.22 bits per heavy atom. The van der Waals surface area contributed by atoms with Crippen LogP contribution in [0.25, 0.3) is 0 Å². The molecule has 0 saturated carbocycles. The molecule has 0 aliphatic carbocycles. The highest BCUT2D eigenvalue weighted by atomic mass is 16.5. The van der Waals surface area contributed by atoms with Gasteiger partial charge in [0.25, 0.3) is 0 Å². The number of hydrogen-bond donors (Lipinski definition) is 2. The van der Waals surface area contributed by atoms with Crippen molar-refractivity contribution >= 4 is 5.97 Å². The van der Waals surface area contributed by atoms with Crippen LogP contribution in [0.5, 0.6) is 0 Å². The molecule has 0 heterocycles. The van der Waals surface area contributed by atoms with Gasteiger partial charge in [-0.25, -0.2) is 0 Å². The van der Waals surface area contributed by atoms with Crippen molar-refractivity contribution in [3.63, 3.8) is 0 Å². The third-order valence-corrected chi connectivity index (χ3v) is 3.04. The number of nitrogens with one attached hydrogen (secondary N) is 1. The number of esters is 1. The molecule has 4 heteroatoms. The van der Waals surface area contributed by atoms with E-state index in [0.717, 1.165) is 32.2 Å². The third-order valence-electron chi connectivity index (χ3n) is 3.04. The second-order valence-electron chi connectivity index (χ2n) is 5.30. The van der Waals surface area contributed by atoms with E-state index >= 15 is 0 Å². The first kappa shape index (κ1) is 17.4. The maximum atomic E-state index is 10.9. The molecule has 18 heavy (non-hydrogen) atoms. The van der Waals surface area contributed by atoms with Gasteiger partial charge in [-0.1, -0.05) is 32.1 Å². The largest absolute Gasteiger partial charge is 0.469 e. The Labute approximate surface area is 111 Å². The monoisotopic (exact) mass is 260 g/mol. The Hall–Kier alpha value is -0.610. The van der Waals surface area contributed by atoms with Crippen molar-refractivity contribution in [1.82, 2.24) is 0 Å². The van der Waals surface area contributed by atoms with Gasteiger partial charge in [-0.05, 0) is 12.8 Å². The second kappa shape index (κ2) is 11.5.